The predicted molar refractivity (Wildman–Crippen MR) is 80.3 cm³/mol. The van der Waals surface area contributed by atoms with Gasteiger partial charge in [0.15, 0.2) is 5.65 Å². The van der Waals surface area contributed by atoms with Crippen molar-refractivity contribution in [3.8, 4) is 0 Å². The SMILES string of the molecule is Cn1c(=O)c2c(NCc3ccccc3)[nH]nc2n(C)c1=O. The number of aryl methyl sites for hydroxylation is 1. The molecule has 0 saturated heterocycles. The Labute approximate surface area is 119 Å². The lowest BCUT2D eigenvalue weighted by Gasteiger charge is -2.05. The smallest absolute Gasteiger partial charge is 0.332 e. The molecule has 2 aromatic heterocycles. The second-order valence-corrected chi connectivity index (χ2v) is 4.84. The standard InChI is InChI=1S/C14H15N5O2/c1-18-12-10(13(20)19(2)14(18)21)11(16-17-12)15-8-9-6-4-3-5-7-9/h3-7H,8H2,1-2H3,(H2,15,16,17). The van der Waals surface area contributed by atoms with E-state index in [1.54, 1.807) is 7.05 Å². The molecule has 2 N–H and O–H groups in total. The second-order valence-electron chi connectivity index (χ2n) is 4.84. The third-order valence-corrected chi connectivity index (χ3v) is 3.47. The van der Waals surface area contributed by atoms with E-state index in [1.165, 1.54) is 11.6 Å². The Kier molecular flexibility index (Phi) is 3.09. The molecular formula is C14H15N5O2. The van der Waals surface area contributed by atoms with Crippen molar-refractivity contribution < 1.29 is 0 Å². The van der Waals surface area contributed by atoms with Crippen molar-refractivity contribution >= 4 is 16.9 Å². The molecule has 0 unspecified atom stereocenters. The number of hydrogen-bond donors (Lipinski definition) is 2. The third-order valence-electron chi connectivity index (χ3n) is 3.47. The molecule has 3 aromatic rings. The largest absolute Gasteiger partial charge is 0.366 e. The minimum absolute atomic E-state index is 0.346. The van der Waals surface area contributed by atoms with E-state index in [0.717, 1.165) is 10.1 Å². The molecule has 0 aliphatic heterocycles. The molecule has 1 aromatic carbocycles. The van der Waals surface area contributed by atoms with Crippen LogP contribution in [0.15, 0.2) is 39.9 Å². The summed E-state index contributed by atoms with van der Waals surface area (Å²) in [6, 6.07) is 9.81. The maximum atomic E-state index is 12.2. The van der Waals surface area contributed by atoms with Crippen molar-refractivity contribution in [1.82, 2.24) is 19.3 Å². The molecule has 0 amide bonds. The van der Waals surface area contributed by atoms with E-state index in [2.05, 4.69) is 15.5 Å². The Bertz CT molecular complexity index is 905. The maximum absolute atomic E-state index is 12.2. The van der Waals surface area contributed by atoms with Crippen LogP contribution in [0.2, 0.25) is 0 Å². The van der Waals surface area contributed by atoms with Gasteiger partial charge in [0, 0.05) is 20.6 Å². The second kappa shape index (κ2) is 4.93. The monoisotopic (exact) mass is 285 g/mol. The number of nitrogens with zero attached hydrogens (tertiary/aromatic N) is 3. The van der Waals surface area contributed by atoms with Gasteiger partial charge in [-0.05, 0) is 5.56 Å². The minimum atomic E-state index is -0.395. The van der Waals surface area contributed by atoms with Gasteiger partial charge in [-0.3, -0.25) is 19.0 Å². The van der Waals surface area contributed by atoms with Crippen molar-refractivity contribution in [3.63, 3.8) is 0 Å². The van der Waals surface area contributed by atoms with Crippen LogP contribution < -0.4 is 16.6 Å². The number of hydrogen-bond acceptors (Lipinski definition) is 4. The lowest BCUT2D eigenvalue weighted by Crippen LogP contribution is -2.36. The highest BCUT2D eigenvalue weighted by molar-refractivity contribution is 5.86. The van der Waals surface area contributed by atoms with Crippen LogP contribution in [0.3, 0.4) is 0 Å². The Morgan fingerprint density at radius 3 is 2.57 bits per heavy atom. The molecule has 0 radical (unpaired) electrons. The summed E-state index contributed by atoms with van der Waals surface area (Å²) in [6.07, 6.45) is 0. The van der Waals surface area contributed by atoms with Crippen LogP contribution in [-0.2, 0) is 20.6 Å². The van der Waals surface area contributed by atoms with Crippen LogP contribution in [-0.4, -0.2) is 19.3 Å². The number of aromatic nitrogens is 4. The summed E-state index contributed by atoms with van der Waals surface area (Å²) in [5, 5.41) is 10.4. The van der Waals surface area contributed by atoms with Crippen LogP contribution >= 0.6 is 0 Å². The molecule has 7 nitrogen and oxygen atoms in total. The van der Waals surface area contributed by atoms with Crippen molar-refractivity contribution in [2.75, 3.05) is 5.32 Å². The van der Waals surface area contributed by atoms with Crippen LogP contribution in [0.1, 0.15) is 5.56 Å². The molecule has 0 bridgehead atoms. The van der Waals surface area contributed by atoms with Crippen molar-refractivity contribution in [3.05, 3.63) is 56.7 Å². The van der Waals surface area contributed by atoms with Crippen LogP contribution in [0.4, 0.5) is 5.82 Å². The van der Waals surface area contributed by atoms with Crippen LogP contribution in [0.5, 0.6) is 0 Å². The van der Waals surface area contributed by atoms with Gasteiger partial charge in [0.1, 0.15) is 11.2 Å². The molecule has 0 aliphatic carbocycles. The van der Waals surface area contributed by atoms with Gasteiger partial charge in [0.2, 0.25) is 0 Å². The van der Waals surface area contributed by atoms with E-state index in [0.29, 0.717) is 23.4 Å². The highest BCUT2D eigenvalue weighted by Crippen LogP contribution is 2.15. The number of H-pyrrole nitrogens is 1. The summed E-state index contributed by atoms with van der Waals surface area (Å²) in [5.41, 5.74) is 0.673. The summed E-state index contributed by atoms with van der Waals surface area (Å²) in [7, 11) is 3.05. The lowest BCUT2D eigenvalue weighted by atomic mass is 10.2. The first-order valence-electron chi connectivity index (χ1n) is 6.51. The number of nitrogens with one attached hydrogen (secondary N) is 2. The summed E-state index contributed by atoms with van der Waals surface area (Å²) in [6.45, 7) is 0.560. The van der Waals surface area contributed by atoms with Gasteiger partial charge >= 0.3 is 5.69 Å². The molecule has 7 heteroatoms. The van der Waals surface area contributed by atoms with Crippen molar-refractivity contribution in [1.29, 1.82) is 0 Å². The Hall–Kier alpha value is -2.83. The zero-order valence-electron chi connectivity index (χ0n) is 11.8. The van der Waals surface area contributed by atoms with E-state index >= 15 is 0 Å². The maximum Gasteiger partial charge on any atom is 0.332 e. The van der Waals surface area contributed by atoms with Crippen molar-refractivity contribution in [2.24, 2.45) is 14.1 Å². The summed E-state index contributed by atoms with van der Waals surface area (Å²) in [5.74, 6) is 0.519. The highest BCUT2D eigenvalue weighted by Gasteiger charge is 2.15. The fraction of sp³-hybridized carbons (Fsp3) is 0.214. The van der Waals surface area contributed by atoms with Crippen molar-refractivity contribution in [2.45, 2.75) is 6.54 Å². The molecule has 3 rings (SSSR count). The van der Waals surface area contributed by atoms with E-state index < -0.39 is 5.69 Å². The highest BCUT2D eigenvalue weighted by atomic mass is 16.2. The number of anilines is 1. The van der Waals surface area contributed by atoms with E-state index in [1.807, 2.05) is 30.3 Å². The Morgan fingerprint density at radius 2 is 1.86 bits per heavy atom. The molecule has 0 fully saturated rings. The third kappa shape index (κ3) is 2.12. The molecule has 0 spiro atoms. The summed E-state index contributed by atoms with van der Waals surface area (Å²) in [4.78, 5) is 24.1. The van der Waals surface area contributed by atoms with Gasteiger partial charge in [-0.2, -0.15) is 5.10 Å². The first kappa shape index (κ1) is 13.2. The fourth-order valence-electron chi connectivity index (χ4n) is 2.26. The van der Waals surface area contributed by atoms with Gasteiger partial charge in [0.25, 0.3) is 5.56 Å². The fourth-order valence-corrected chi connectivity index (χ4v) is 2.26. The Balaban J connectivity index is 2.05. The molecule has 21 heavy (non-hydrogen) atoms. The average molecular weight is 285 g/mol. The minimum Gasteiger partial charge on any atom is -0.366 e. The molecule has 0 saturated carbocycles. The zero-order valence-corrected chi connectivity index (χ0v) is 11.8. The average Bonchev–Trinajstić information content (AvgIpc) is 2.94. The predicted octanol–water partition coefficient (Wildman–Crippen LogP) is 0.572. The van der Waals surface area contributed by atoms with E-state index in [4.69, 9.17) is 0 Å². The topological polar surface area (TPSA) is 84.7 Å². The zero-order chi connectivity index (χ0) is 15.0. The lowest BCUT2D eigenvalue weighted by molar-refractivity contribution is 0.708. The van der Waals surface area contributed by atoms with E-state index in [9.17, 15) is 9.59 Å². The number of rotatable bonds is 3. The normalized spacial score (nSPS) is 11.0. The van der Waals surface area contributed by atoms with Gasteiger partial charge in [0.05, 0.1) is 0 Å². The first-order chi connectivity index (χ1) is 10.1. The number of fused-ring (bicyclic) bond motifs is 1. The molecule has 0 atom stereocenters. The van der Waals surface area contributed by atoms with Gasteiger partial charge in [-0.15, -0.1) is 0 Å². The summed E-state index contributed by atoms with van der Waals surface area (Å²) >= 11 is 0. The first-order valence-corrected chi connectivity index (χ1v) is 6.51. The van der Waals surface area contributed by atoms with Gasteiger partial charge in [-0.1, -0.05) is 30.3 Å². The molecule has 2 heterocycles. The van der Waals surface area contributed by atoms with Crippen LogP contribution in [0.25, 0.3) is 11.0 Å². The molecule has 0 aliphatic rings. The molecule has 108 valence electrons. The summed E-state index contributed by atoms with van der Waals surface area (Å²) < 4.78 is 2.42. The molecular weight excluding hydrogens is 270 g/mol. The van der Waals surface area contributed by atoms with E-state index in [-0.39, 0.29) is 5.56 Å². The van der Waals surface area contributed by atoms with Crippen LogP contribution in [0, 0.1) is 0 Å². The van der Waals surface area contributed by atoms with Gasteiger partial charge < -0.3 is 5.32 Å². The number of benzene rings is 1. The van der Waals surface area contributed by atoms with Gasteiger partial charge in [-0.25, -0.2) is 4.79 Å². The number of aromatic amines is 1. The quantitative estimate of drug-likeness (QED) is 0.737. The Morgan fingerprint density at radius 1 is 1.14 bits per heavy atom.